The van der Waals surface area contributed by atoms with Gasteiger partial charge in [-0.1, -0.05) is 36.4 Å². The lowest BCUT2D eigenvalue weighted by Gasteiger charge is -2.13. The Kier molecular flexibility index (Phi) is 4.70. The molecule has 4 nitrogen and oxygen atoms in total. The maximum absolute atomic E-state index is 5.50. The summed E-state index contributed by atoms with van der Waals surface area (Å²) in [4.78, 5) is 0. The summed E-state index contributed by atoms with van der Waals surface area (Å²) in [5.41, 5.74) is 13.3. The van der Waals surface area contributed by atoms with Crippen molar-refractivity contribution in [1.29, 1.82) is 0 Å². The van der Waals surface area contributed by atoms with Crippen molar-refractivity contribution in [2.75, 3.05) is 0 Å². The smallest absolute Gasteiger partial charge is 0.163 e. The number of hydrogen-bond acceptors (Lipinski definition) is 2. The fourth-order valence-corrected chi connectivity index (χ4v) is 2.31. The van der Waals surface area contributed by atoms with Gasteiger partial charge in [-0.3, -0.25) is 0 Å². The number of hydrogen-bond donors (Lipinski definition) is 4. The second kappa shape index (κ2) is 6.49. The van der Waals surface area contributed by atoms with Crippen LogP contribution in [-0.2, 0) is 13.1 Å². The molecule has 20 heavy (non-hydrogen) atoms. The molecule has 0 unspecified atom stereocenters. The molecule has 0 radical (unpaired) electrons. The van der Waals surface area contributed by atoms with Crippen molar-refractivity contribution in [3.63, 3.8) is 0 Å². The molecular weight excluding hydrogens is 288 g/mol. The van der Waals surface area contributed by atoms with E-state index in [4.69, 9.17) is 35.9 Å². The molecule has 2 aromatic carbocycles. The van der Waals surface area contributed by atoms with E-state index in [0.29, 0.717) is 23.3 Å². The van der Waals surface area contributed by atoms with Crippen LogP contribution in [0.2, 0.25) is 0 Å². The van der Waals surface area contributed by atoms with Gasteiger partial charge in [-0.05, 0) is 46.3 Å². The van der Waals surface area contributed by atoms with E-state index in [2.05, 4.69) is 34.9 Å². The minimum Gasteiger partial charge on any atom is -0.376 e. The van der Waals surface area contributed by atoms with Crippen LogP contribution in [0.25, 0.3) is 10.8 Å². The second-order valence-corrected chi connectivity index (χ2v) is 5.25. The molecule has 0 aliphatic heterocycles. The predicted octanol–water partition coefficient (Wildman–Crippen LogP) is 1.51. The highest BCUT2D eigenvalue weighted by Gasteiger charge is 2.06. The minimum atomic E-state index is 0.292. The molecule has 6 N–H and O–H groups in total. The molecule has 0 spiro atoms. The Morgan fingerprint density at radius 3 is 1.70 bits per heavy atom. The monoisotopic (exact) mass is 304 g/mol. The van der Waals surface area contributed by atoms with E-state index in [-0.39, 0.29) is 0 Å². The van der Waals surface area contributed by atoms with Gasteiger partial charge in [0.15, 0.2) is 10.2 Å². The van der Waals surface area contributed by atoms with Gasteiger partial charge in [0.1, 0.15) is 0 Å². The van der Waals surface area contributed by atoms with Crippen LogP contribution >= 0.6 is 24.4 Å². The molecule has 0 fully saturated rings. The normalized spacial score (nSPS) is 10.2. The topological polar surface area (TPSA) is 76.1 Å². The third-order valence-electron chi connectivity index (χ3n) is 2.98. The SMILES string of the molecule is NC(=S)NCc1cccc2cccc(CNC(N)=S)c12. The predicted molar refractivity (Wildman–Crippen MR) is 91.2 cm³/mol. The largest absolute Gasteiger partial charge is 0.376 e. The summed E-state index contributed by atoms with van der Waals surface area (Å²) >= 11 is 9.71. The average Bonchev–Trinajstić information content (AvgIpc) is 2.42. The van der Waals surface area contributed by atoms with E-state index in [1.807, 2.05) is 12.1 Å². The van der Waals surface area contributed by atoms with Gasteiger partial charge in [-0.2, -0.15) is 0 Å². The maximum atomic E-state index is 5.50. The molecule has 6 heteroatoms. The van der Waals surface area contributed by atoms with Crippen molar-refractivity contribution in [1.82, 2.24) is 10.6 Å². The summed E-state index contributed by atoms with van der Waals surface area (Å²) in [6.45, 7) is 1.19. The van der Waals surface area contributed by atoms with Gasteiger partial charge < -0.3 is 22.1 Å². The van der Waals surface area contributed by atoms with Crippen LogP contribution in [0.3, 0.4) is 0 Å². The lowest BCUT2D eigenvalue weighted by Crippen LogP contribution is -2.29. The zero-order valence-electron chi connectivity index (χ0n) is 10.8. The fraction of sp³-hybridized carbons (Fsp3) is 0.143. The molecule has 0 amide bonds. The number of thiocarbonyl (C=S) groups is 2. The summed E-state index contributed by atoms with van der Waals surface area (Å²) in [6.07, 6.45) is 0. The summed E-state index contributed by atoms with van der Waals surface area (Å²) in [5, 5.41) is 8.88. The van der Waals surface area contributed by atoms with E-state index in [9.17, 15) is 0 Å². The standard InChI is InChI=1S/C14H16N4S2/c15-13(19)17-7-10-5-1-3-9-4-2-6-11(12(9)10)8-18-14(16)20/h1-6H,7-8H2,(H3,15,17,19)(H3,16,18,20). The molecule has 0 saturated carbocycles. The first kappa shape index (κ1) is 14.5. The molecule has 0 atom stereocenters. The molecule has 0 saturated heterocycles. The van der Waals surface area contributed by atoms with E-state index >= 15 is 0 Å². The number of benzene rings is 2. The Morgan fingerprint density at radius 1 is 0.850 bits per heavy atom. The van der Waals surface area contributed by atoms with Crippen molar-refractivity contribution in [3.05, 3.63) is 47.5 Å². The van der Waals surface area contributed by atoms with Gasteiger partial charge in [0.25, 0.3) is 0 Å². The molecule has 0 aromatic heterocycles. The summed E-state index contributed by atoms with van der Waals surface area (Å²) in [5.74, 6) is 0. The highest BCUT2D eigenvalue weighted by atomic mass is 32.1. The van der Waals surface area contributed by atoms with Crippen LogP contribution in [0, 0.1) is 0 Å². The molecule has 0 bridgehead atoms. The third kappa shape index (κ3) is 3.55. The van der Waals surface area contributed by atoms with E-state index in [1.165, 1.54) is 5.39 Å². The lowest BCUT2D eigenvalue weighted by molar-refractivity contribution is 0.909. The Balaban J connectivity index is 2.40. The number of nitrogens with two attached hydrogens (primary N) is 2. The van der Waals surface area contributed by atoms with Gasteiger partial charge in [0, 0.05) is 13.1 Å². The van der Waals surface area contributed by atoms with E-state index in [1.54, 1.807) is 0 Å². The molecule has 0 aliphatic carbocycles. The lowest BCUT2D eigenvalue weighted by atomic mass is 9.99. The number of nitrogens with one attached hydrogen (secondary N) is 2. The summed E-state index contributed by atoms with van der Waals surface area (Å²) in [6, 6.07) is 12.3. The first-order valence-electron chi connectivity index (χ1n) is 6.14. The average molecular weight is 304 g/mol. The molecular formula is C14H16N4S2. The fourth-order valence-electron chi connectivity index (χ4n) is 2.16. The Hall–Kier alpha value is -1.92. The zero-order chi connectivity index (χ0) is 14.5. The van der Waals surface area contributed by atoms with Crippen LogP contribution in [0.15, 0.2) is 36.4 Å². The highest BCUT2D eigenvalue weighted by Crippen LogP contribution is 2.23. The van der Waals surface area contributed by atoms with Crippen LogP contribution in [-0.4, -0.2) is 10.2 Å². The molecule has 2 aromatic rings. The summed E-state index contributed by atoms with van der Waals surface area (Å²) < 4.78 is 0. The van der Waals surface area contributed by atoms with Crippen LogP contribution < -0.4 is 22.1 Å². The Morgan fingerprint density at radius 2 is 1.30 bits per heavy atom. The van der Waals surface area contributed by atoms with Gasteiger partial charge in [0.2, 0.25) is 0 Å². The van der Waals surface area contributed by atoms with Gasteiger partial charge >= 0.3 is 0 Å². The van der Waals surface area contributed by atoms with E-state index < -0.39 is 0 Å². The molecule has 2 rings (SSSR count). The van der Waals surface area contributed by atoms with Crippen molar-refractivity contribution in [3.8, 4) is 0 Å². The number of fused-ring (bicyclic) bond motifs is 1. The quantitative estimate of drug-likeness (QED) is 0.642. The third-order valence-corrected chi connectivity index (χ3v) is 3.27. The maximum Gasteiger partial charge on any atom is 0.163 e. The van der Waals surface area contributed by atoms with Crippen molar-refractivity contribution in [2.24, 2.45) is 11.5 Å². The van der Waals surface area contributed by atoms with Gasteiger partial charge in [-0.25, -0.2) is 0 Å². The second-order valence-electron chi connectivity index (χ2n) is 4.37. The minimum absolute atomic E-state index is 0.292. The first-order chi connectivity index (χ1) is 9.58. The molecule has 0 aliphatic rings. The Bertz CT molecular complexity index is 602. The molecule has 0 heterocycles. The van der Waals surface area contributed by atoms with Crippen molar-refractivity contribution in [2.45, 2.75) is 13.1 Å². The Labute approximate surface area is 128 Å². The molecule has 104 valence electrons. The van der Waals surface area contributed by atoms with Gasteiger partial charge in [-0.15, -0.1) is 0 Å². The highest BCUT2D eigenvalue weighted by molar-refractivity contribution is 7.80. The van der Waals surface area contributed by atoms with Crippen molar-refractivity contribution < 1.29 is 0 Å². The van der Waals surface area contributed by atoms with E-state index in [0.717, 1.165) is 16.5 Å². The van der Waals surface area contributed by atoms with Gasteiger partial charge in [0.05, 0.1) is 0 Å². The summed E-state index contributed by atoms with van der Waals surface area (Å²) in [7, 11) is 0. The van der Waals surface area contributed by atoms with Crippen LogP contribution in [0.4, 0.5) is 0 Å². The van der Waals surface area contributed by atoms with Crippen LogP contribution in [0.1, 0.15) is 11.1 Å². The van der Waals surface area contributed by atoms with Crippen LogP contribution in [0.5, 0.6) is 0 Å². The first-order valence-corrected chi connectivity index (χ1v) is 6.95. The zero-order valence-corrected chi connectivity index (χ0v) is 12.5. The van der Waals surface area contributed by atoms with Crippen molar-refractivity contribution >= 4 is 45.4 Å². The number of rotatable bonds is 4.